The van der Waals surface area contributed by atoms with E-state index in [1.54, 1.807) is 30.0 Å². The Bertz CT molecular complexity index is 826. The molecule has 1 aliphatic heterocycles. The smallest absolute Gasteiger partial charge is 0.419 e. The van der Waals surface area contributed by atoms with Crippen LogP contribution >= 0.6 is 0 Å². The van der Waals surface area contributed by atoms with Crippen LogP contribution in [0.1, 0.15) is 11.1 Å². The van der Waals surface area contributed by atoms with Crippen molar-refractivity contribution in [3.63, 3.8) is 0 Å². The first kappa shape index (κ1) is 17.3. The summed E-state index contributed by atoms with van der Waals surface area (Å²) in [7, 11) is 0. The topological polar surface area (TPSA) is 40.5 Å². The maximum absolute atomic E-state index is 14.4. The maximum atomic E-state index is 14.4. The highest BCUT2D eigenvalue weighted by molar-refractivity contribution is 5.76. The van der Waals surface area contributed by atoms with Gasteiger partial charge in [-0.2, -0.15) is 13.2 Å². The number of anilines is 1. The first-order chi connectivity index (χ1) is 11.7. The monoisotopic (exact) mass is 353 g/mol. The zero-order chi connectivity index (χ0) is 18.4. The van der Waals surface area contributed by atoms with Crippen LogP contribution in [0.15, 0.2) is 36.4 Å². The SMILES string of the molecule is Cc1cc(-c2cccc(C(F)(F)F)c2F)cc(N2CC(C(=O)O)C2)c1. The average molecular weight is 353 g/mol. The normalized spacial score (nSPS) is 15.2. The molecule has 0 spiro atoms. The molecule has 0 amide bonds. The summed E-state index contributed by atoms with van der Waals surface area (Å²) < 4.78 is 53.1. The minimum atomic E-state index is -4.76. The quantitative estimate of drug-likeness (QED) is 0.835. The number of carboxylic acid groups (broad SMARTS) is 1. The molecule has 1 fully saturated rings. The predicted molar refractivity (Wildman–Crippen MR) is 84.9 cm³/mol. The molecule has 1 N–H and O–H groups in total. The lowest BCUT2D eigenvalue weighted by atomic mass is 9.96. The van der Waals surface area contributed by atoms with E-state index in [1.807, 2.05) is 0 Å². The van der Waals surface area contributed by atoms with E-state index in [4.69, 9.17) is 5.11 Å². The summed E-state index contributed by atoms with van der Waals surface area (Å²) in [6.45, 7) is 2.40. The summed E-state index contributed by atoms with van der Waals surface area (Å²) in [4.78, 5) is 12.7. The third kappa shape index (κ3) is 3.31. The molecule has 3 rings (SSSR count). The van der Waals surface area contributed by atoms with Crippen LogP contribution in [0.4, 0.5) is 23.2 Å². The summed E-state index contributed by atoms with van der Waals surface area (Å²) >= 11 is 0. The highest BCUT2D eigenvalue weighted by Gasteiger charge is 2.35. The van der Waals surface area contributed by atoms with E-state index in [0.29, 0.717) is 30.4 Å². The van der Waals surface area contributed by atoms with Gasteiger partial charge in [-0.15, -0.1) is 0 Å². The van der Waals surface area contributed by atoms with Gasteiger partial charge in [-0.05, 0) is 36.2 Å². The molecule has 0 aliphatic carbocycles. The number of aryl methyl sites for hydroxylation is 1. The molecule has 1 aliphatic rings. The second-order valence-electron chi connectivity index (χ2n) is 6.16. The second-order valence-corrected chi connectivity index (χ2v) is 6.16. The summed E-state index contributed by atoms with van der Waals surface area (Å²) in [5, 5.41) is 8.95. The second kappa shape index (κ2) is 6.06. The molecule has 7 heteroatoms. The highest BCUT2D eigenvalue weighted by atomic mass is 19.4. The van der Waals surface area contributed by atoms with Crippen molar-refractivity contribution < 1.29 is 27.5 Å². The van der Waals surface area contributed by atoms with Crippen LogP contribution in [-0.4, -0.2) is 24.2 Å². The molecule has 2 aromatic rings. The Balaban J connectivity index is 1.98. The van der Waals surface area contributed by atoms with Crippen LogP contribution in [-0.2, 0) is 11.0 Å². The van der Waals surface area contributed by atoms with Gasteiger partial charge in [0, 0.05) is 24.3 Å². The van der Waals surface area contributed by atoms with Gasteiger partial charge in [0.05, 0.1) is 11.5 Å². The molecular weight excluding hydrogens is 338 g/mol. The van der Waals surface area contributed by atoms with Gasteiger partial charge in [0.2, 0.25) is 0 Å². The van der Waals surface area contributed by atoms with E-state index in [2.05, 4.69) is 0 Å². The van der Waals surface area contributed by atoms with Gasteiger partial charge in [-0.3, -0.25) is 4.79 Å². The van der Waals surface area contributed by atoms with Gasteiger partial charge < -0.3 is 10.0 Å². The number of carbonyl (C=O) groups is 1. The van der Waals surface area contributed by atoms with Gasteiger partial charge in [-0.25, -0.2) is 4.39 Å². The lowest BCUT2D eigenvalue weighted by Gasteiger charge is -2.39. The molecule has 2 aromatic carbocycles. The number of alkyl halides is 3. The Morgan fingerprint density at radius 1 is 1.20 bits per heavy atom. The molecular formula is C18H15F4NO2. The van der Waals surface area contributed by atoms with Crippen molar-refractivity contribution in [3.8, 4) is 11.1 Å². The summed E-state index contributed by atoms with van der Waals surface area (Å²) in [5.74, 6) is -2.65. The molecule has 25 heavy (non-hydrogen) atoms. The fourth-order valence-corrected chi connectivity index (χ4v) is 2.92. The minimum absolute atomic E-state index is 0.130. The van der Waals surface area contributed by atoms with Gasteiger partial charge in [0.15, 0.2) is 0 Å². The molecule has 3 nitrogen and oxygen atoms in total. The van der Waals surface area contributed by atoms with Crippen LogP contribution in [0.2, 0.25) is 0 Å². The van der Waals surface area contributed by atoms with Gasteiger partial charge >= 0.3 is 12.1 Å². The van der Waals surface area contributed by atoms with Crippen molar-refractivity contribution in [2.24, 2.45) is 5.92 Å². The lowest BCUT2D eigenvalue weighted by Crippen LogP contribution is -2.50. The Morgan fingerprint density at radius 3 is 2.48 bits per heavy atom. The molecule has 0 saturated carbocycles. The highest BCUT2D eigenvalue weighted by Crippen LogP contribution is 2.37. The zero-order valence-electron chi connectivity index (χ0n) is 13.3. The summed E-state index contributed by atoms with van der Waals surface area (Å²) in [6.07, 6.45) is -4.76. The maximum Gasteiger partial charge on any atom is 0.419 e. The lowest BCUT2D eigenvalue weighted by molar-refractivity contribution is -0.142. The first-order valence-electron chi connectivity index (χ1n) is 7.62. The number of hydrogen-bond acceptors (Lipinski definition) is 2. The van der Waals surface area contributed by atoms with Gasteiger partial charge in [-0.1, -0.05) is 18.2 Å². The van der Waals surface area contributed by atoms with Crippen molar-refractivity contribution in [1.82, 2.24) is 0 Å². The van der Waals surface area contributed by atoms with E-state index in [0.717, 1.165) is 5.56 Å². The van der Waals surface area contributed by atoms with Gasteiger partial charge in [0.1, 0.15) is 5.82 Å². The van der Waals surface area contributed by atoms with E-state index < -0.39 is 29.4 Å². The van der Waals surface area contributed by atoms with Crippen molar-refractivity contribution in [1.29, 1.82) is 0 Å². The molecule has 1 saturated heterocycles. The van der Waals surface area contributed by atoms with Crippen molar-refractivity contribution in [2.75, 3.05) is 18.0 Å². The van der Waals surface area contributed by atoms with Crippen molar-refractivity contribution >= 4 is 11.7 Å². The van der Waals surface area contributed by atoms with E-state index in [9.17, 15) is 22.4 Å². The van der Waals surface area contributed by atoms with Crippen LogP contribution in [0.5, 0.6) is 0 Å². The Morgan fingerprint density at radius 2 is 1.88 bits per heavy atom. The molecule has 0 unspecified atom stereocenters. The van der Waals surface area contributed by atoms with Crippen molar-refractivity contribution in [2.45, 2.75) is 13.1 Å². The largest absolute Gasteiger partial charge is 0.481 e. The Hall–Kier alpha value is -2.57. The van der Waals surface area contributed by atoms with E-state index >= 15 is 0 Å². The third-order valence-electron chi connectivity index (χ3n) is 4.27. The van der Waals surface area contributed by atoms with Crippen LogP contribution in [0.25, 0.3) is 11.1 Å². The number of nitrogens with zero attached hydrogens (tertiary/aromatic N) is 1. The van der Waals surface area contributed by atoms with E-state index in [-0.39, 0.29) is 5.56 Å². The molecule has 1 heterocycles. The van der Waals surface area contributed by atoms with E-state index in [1.165, 1.54) is 12.1 Å². The molecule has 132 valence electrons. The number of halogens is 4. The summed E-state index contributed by atoms with van der Waals surface area (Å²) in [6, 6.07) is 8.18. The fraction of sp³-hybridized carbons (Fsp3) is 0.278. The third-order valence-corrected chi connectivity index (χ3v) is 4.27. The zero-order valence-corrected chi connectivity index (χ0v) is 13.3. The molecule has 0 radical (unpaired) electrons. The number of hydrogen-bond donors (Lipinski definition) is 1. The average Bonchev–Trinajstić information content (AvgIpc) is 2.43. The minimum Gasteiger partial charge on any atom is -0.481 e. The standard InChI is InChI=1S/C18H15F4NO2/c1-10-5-11(7-13(6-10)23-8-12(9-23)17(24)25)14-3-2-4-15(16(14)19)18(20,21)22/h2-7,12H,8-9H2,1H3,(H,24,25). The predicted octanol–water partition coefficient (Wildman–Crippen LogP) is 4.34. The summed E-state index contributed by atoms with van der Waals surface area (Å²) in [5.41, 5.74) is 0.322. The molecule has 0 bridgehead atoms. The number of carboxylic acids is 1. The number of rotatable bonds is 3. The molecule has 0 atom stereocenters. The number of aliphatic carboxylic acids is 1. The first-order valence-corrected chi connectivity index (χ1v) is 7.62. The molecule has 0 aromatic heterocycles. The van der Waals surface area contributed by atoms with Crippen LogP contribution in [0, 0.1) is 18.7 Å². The fourth-order valence-electron chi connectivity index (χ4n) is 2.92. The Kier molecular flexibility index (Phi) is 4.18. The van der Waals surface area contributed by atoms with Crippen LogP contribution < -0.4 is 4.90 Å². The van der Waals surface area contributed by atoms with Crippen LogP contribution in [0.3, 0.4) is 0 Å². The van der Waals surface area contributed by atoms with Gasteiger partial charge in [0.25, 0.3) is 0 Å². The van der Waals surface area contributed by atoms with Crippen molar-refractivity contribution in [3.05, 3.63) is 53.3 Å². The Labute approximate surface area is 141 Å². The number of benzene rings is 2.